The van der Waals surface area contributed by atoms with E-state index in [-0.39, 0.29) is 12.5 Å². The molecule has 2 aliphatic rings. The second-order valence-corrected chi connectivity index (χ2v) is 6.91. The monoisotopic (exact) mass is 350 g/mol. The van der Waals surface area contributed by atoms with Crippen molar-refractivity contribution in [3.8, 4) is 6.07 Å². The summed E-state index contributed by atoms with van der Waals surface area (Å²) in [4.78, 5) is 28.7. The normalized spacial score (nSPS) is 20.6. The second-order valence-electron chi connectivity index (χ2n) is 6.91. The Balaban J connectivity index is 1.90. The molecule has 1 N–H and O–H groups in total. The molecule has 2 rings (SSSR count). The number of carbonyl (C=O) groups is 2. The van der Waals surface area contributed by atoms with E-state index in [4.69, 9.17) is 10.00 Å². The number of nitrogens with zero attached hydrogens (tertiary/aromatic N) is 3. The van der Waals surface area contributed by atoms with E-state index in [1.807, 2.05) is 6.07 Å². The van der Waals surface area contributed by atoms with Crippen LogP contribution in [0.1, 0.15) is 45.4 Å². The molecule has 1 heterocycles. The number of likely N-dealkylation sites (N-methyl/N-ethyl adjacent to an activating group) is 1. The maximum Gasteiger partial charge on any atom is 0.410 e. The number of carbonyl (C=O) groups excluding carboxylic acids is 2. The molecule has 0 aromatic rings. The molecule has 7 nitrogen and oxygen atoms in total. The van der Waals surface area contributed by atoms with Crippen LogP contribution in [0.25, 0.3) is 0 Å². The lowest BCUT2D eigenvalue weighted by Crippen LogP contribution is -2.50. The van der Waals surface area contributed by atoms with Crippen molar-refractivity contribution >= 4 is 12.0 Å². The predicted molar refractivity (Wildman–Crippen MR) is 93.8 cm³/mol. The third-order valence-electron chi connectivity index (χ3n) is 5.23. The van der Waals surface area contributed by atoms with Gasteiger partial charge in [-0.25, -0.2) is 4.79 Å². The molecule has 2 fully saturated rings. The molecule has 2 amide bonds. The highest BCUT2D eigenvalue weighted by atomic mass is 16.6. The highest BCUT2D eigenvalue weighted by molar-refractivity contribution is 5.83. The summed E-state index contributed by atoms with van der Waals surface area (Å²) in [6, 6.07) is 1.90. The van der Waals surface area contributed by atoms with Gasteiger partial charge in [0.1, 0.15) is 6.54 Å². The number of hydrogen-bond donors (Lipinski definition) is 1. The molecule has 0 aromatic heterocycles. The molecule has 1 saturated heterocycles. The molecular formula is C18H30N4O3. The lowest BCUT2D eigenvalue weighted by Gasteiger charge is -2.34. The second kappa shape index (κ2) is 10.2. The molecule has 0 radical (unpaired) electrons. The van der Waals surface area contributed by atoms with Gasteiger partial charge >= 0.3 is 6.09 Å². The van der Waals surface area contributed by atoms with E-state index < -0.39 is 12.2 Å². The molecule has 25 heavy (non-hydrogen) atoms. The van der Waals surface area contributed by atoms with E-state index >= 15 is 0 Å². The Morgan fingerprint density at radius 3 is 2.48 bits per heavy atom. The summed E-state index contributed by atoms with van der Waals surface area (Å²) in [5, 5.41) is 11.2. The Kier molecular flexibility index (Phi) is 7.99. The number of piperazine rings is 1. The van der Waals surface area contributed by atoms with Crippen molar-refractivity contribution in [2.24, 2.45) is 5.92 Å². The number of ether oxygens (including phenoxy) is 1. The number of hydrogen-bond acceptors (Lipinski definition) is 5. The average Bonchev–Trinajstić information content (AvgIpc) is 2.66. The summed E-state index contributed by atoms with van der Waals surface area (Å²) in [5.41, 5.74) is 0. The van der Waals surface area contributed by atoms with E-state index in [0.717, 1.165) is 32.5 Å². The van der Waals surface area contributed by atoms with Gasteiger partial charge in [0.2, 0.25) is 0 Å². The average molecular weight is 350 g/mol. The maximum atomic E-state index is 12.5. The lowest BCUT2D eigenvalue weighted by molar-refractivity contribution is -0.131. The van der Waals surface area contributed by atoms with Gasteiger partial charge in [-0.3, -0.25) is 4.79 Å². The van der Waals surface area contributed by atoms with E-state index in [0.29, 0.717) is 25.4 Å². The molecule has 140 valence electrons. The van der Waals surface area contributed by atoms with Crippen LogP contribution in [0.5, 0.6) is 0 Å². The first kappa shape index (κ1) is 19.5. The molecule has 7 heteroatoms. The zero-order valence-electron chi connectivity index (χ0n) is 15.2. The molecular weight excluding hydrogens is 320 g/mol. The standard InChI is InChI=1S/C18H30N4O3/c1-2-21-10-12-22(13-11-21)18(24)25-16(17(23)20-9-8-19)14-15-6-4-3-5-7-15/h15-16H,2-7,9-14H2,1H3,(H,20,23). The van der Waals surface area contributed by atoms with Crippen LogP contribution in [0.3, 0.4) is 0 Å². The van der Waals surface area contributed by atoms with E-state index in [1.165, 1.54) is 19.3 Å². The maximum absolute atomic E-state index is 12.5. The Bertz CT molecular complexity index is 477. The van der Waals surface area contributed by atoms with Crippen molar-refractivity contribution in [3.63, 3.8) is 0 Å². The highest BCUT2D eigenvalue weighted by Gasteiger charge is 2.30. The van der Waals surface area contributed by atoms with E-state index in [1.54, 1.807) is 4.90 Å². The van der Waals surface area contributed by atoms with Crippen molar-refractivity contribution in [2.75, 3.05) is 39.3 Å². The molecule has 0 aromatic carbocycles. The zero-order valence-corrected chi connectivity index (χ0v) is 15.2. The van der Waals surface area contributed by atoms with Crippen LogP contribution in [0.15, 0.2) is 0 Å². The first-order valence-electron chi connectivity index (χ1n) is 9.46. The third-order valence-corrected chi connectivity index (χ3v) is 5.23. The summed E-state index contributed by atoms with van der Waals surface area (Å²) in [6.45, 7) is 5.94. The summed E-state index contributed by atoms with van der Waals surface area (Å²) in [7, 11) is 0. The first-order chi connectivity index (χ1) is 12.1. The molecule has 1 saturated carbocycles. The molecule has 0 bridgehead atoms. The van der Waals surface area contributed by atoms with Crippen molar-refractivity contribution in [3.05, 3.63) is 0 Å². The fourth-order valence-electron chi connectivity index (χ4n) is 3.62. The van der Waals surface area contributed by atoms with Crippen molar-refractivity contribution in [1.82, 2.24) is 15.1 Å². The van der Waals surface area contributed by atoms with Crippen LogP contribution in [-0.4, -0.2) is 67.2 Å². The van der Waals surface area contributed by atoms with Gasteiger partial charge in [-0.15, -0.1) is 0 Å². The van der Waals surface area contributed by atoms with Gasteiger partial charge in [0.15, 0.2) is 6.10 Å². The summed E-state index contributed by atoms with van der Waals surface area (Å²) < 4.78 is 5.57. The van der Waals surface area contributed by atoms with E-state index in [9.17, 15) is 9.59 Å². The van der Waals surface area contributed by atoms with Crippen molar-refractivity contribution < 1.29 is 14.3 Å². The van der Waals surface area contributed by atoms with Crippen LogP contribution in [0.2, 0.25) is 0 Å². The third kappa shape index (κ3) is 6.20. The van der Waals surface area contributed by atoms with Crippen molar-refractivity contribution in [2.45, 2.75) is 51.6 Å². The van der Waals surface area contributed by atoms with E-state index in [2.05, 4.69) is 17.1 Å². The predicted octanol–water partition coefficient (Wildman–Crippen LogP) is 1.74. The van der Waals surface area contributed by atoms with Crippen LogP contribution < -0.4 is 5.32 Å². The fourth-order valence-corrected chi connectivity index (χ4v) is 3.62. The van der Waals surface area contributed by atoms with Gasteiger partial charge in [-0.05, 0) is 18.9 Å². The Morgan fingerprint density at radius 1 is 1.20 bits per heavy atom. The number of nitriles is 1. The van der Waals surface area contributed by atoms with Crippen LogP contribution in [0.4, 0.5) is 4.79 Å². The molecule has 1 aliphatic heterocycles. The molecule has 1 aliphatic carbocycles. The summed E-state index contributed by atoms with van der Waals surface area (Å²) >= 11 is 0. The van der Waals surface area contributed by atoms with Gasteiger partial charge in [-0.1, -0.05) is 39.0 Å². The largest absolute Gasteiger partial charge is 0.436 e. The minimum absolute atomic E-state index is 0.0628. The number of amides is 2. The Labute approximate surface area is 150 Å². The summed E-state index contributed by atoms with van der Waals surface area (Å²) in [5.74, 6) is 0.0593. The lowest BCUT2D eigenvalue weighted by atomic mass is 9.85. The topological polar surface area (TPSA) is 85.7 Å². The number of nitrogens with one attached hydrogen (secondary N) is 1. The minimum atomic E-state index is -0.798. The van der Waals surface area contributed by atoms with Crippen LogP contribution in [-0.2, 0) is 9.53 Å². The fraction of sp³-hybridized carbons (Fsp3) is 0.833. The van der Waals surface area contributed by atoms with Gasteiger partial charge < -0.3 is 19.9 Å². The quantitative estimate of drug-likeness (QED) is 0.738. The van der Waals surface area contributed by atoms with Crippen LogP contribution >= 0.6 is 0 Å². The van der Waals surface area contributed by atoms with Crippen molar-refractivity contribution in [1.29, 1.82) is 5.26 Å². The highest BCUT2D eigenvalue weighted by Crippen LogP contribution is 2.28. The minimum Gasteiger partial charge on any atom is -0.436 e. The van der Waals surface area contributed by atoms with Gasteiger partial charge in [0.05, 0.1) is 6.07 Å². The Morgan fingerprint density at radius 2 is 1.88 bits per heavy atom. The van der Waals surface area contributed by atoms with Gasteiger partial charge in [0.25, 0.3) is 5.91 Å². The van der Waals surface area contributed by atoms with Gasteiger partial charge in [-0.2, -0.15) is 5.26 Å². The molecule has 1 unspecified atom stereocenters. The van der Waals surface area contributed by atoms with Gasteiger partial charge in [0, 0.05) is 26.2 Å². The number of rotatable bonds is 6. The molecule has 1 atom stereocenters. The Hall–Kier alpha value is -1.81. The first-order valence-corrected chi connectivity index (χ1v) is 9.46. The zero-order chi connectivity index (χ0) is 18.1. The SMILES string of the molecule is CCN1CCN(C(=O)OC(CC2CCCCC2)C(=O)NCC#N)CC1. The van der Waals surface area contributed by atoms with Crippen LogP contribution in [0, 0.1) is 17.2 Å². The molecule has 0 spiro atoms. The smallest absolute Gasteiger partial charge is 0.410 e. The summed E-state index contributed by atoms with van der Waals surface area (Å²) in [6.07, 6.45) is 5.08.